The van der Waals surface area contributed by atoms with Crippen molar-refractivity contribution in [2.24, 2.45) is 11.8 Å². The Balaban J connectivity index is 1.50. The van der Waals surface area contributed by atoms with Crippen LogP contribution in [0.15, 0.2) is 0 Å². The van der Waals surface area contributed by atoms with Crippen molar-refractivity contribution < 1.29 is 14.5 Å². The fraction of sp³-hybridized carbons (Fsp3) is 0.875. The Morgan fingerprint density at radius 1 is 1.09 bits per heavy atom. The molecule has 23 heavy (non-hydrogen) atoms. The van der Waals surface area contributed by atoms with Crippen LogP contribution in [0.1, 0.15) is 51.4 Å². The molecule has 0 unspecified atom stereocenters. The first-order valence-corrected chi connectivity index (χ1v) is 8.79. The topological polar surface area (TPSA) is 92.6 Å². The number of carbonyl (C=O) groups excluding carboxylic acids is 2. The van der Waals surface area contributed by atoms with Gasteiger partial charge in [-0.2, -0.15) is 0 Å². The van der Waals surface area contributed by atoms with Gasteiger partial charge >= 0.3 is 0 Å². The molecule has 2 aliphatic carbocycles. The van der Waals surface area contributed by atoms with Gasteiger partial charge < -0.3 is 10.2 Å². The number of nitrogens with one attached hydrogen (secondary N) is 1. The van der Waals surface area contributed by atoms with Crippen molar-refractivity contribution in [2.45, 2.75) is 63.5 Å². The molecule has 2 saturated carbocycles. The summed E-state index contributed by atoms with van der Waals surface area (Å²) in [5.74, 6) is -0.717. The van der Waals surface area contributed by atoms with E-state index < -0.39 is 12.0 Å². The first kappa shape index (κ1) is 16.2. The number of hydrogen-bond donors (Lipinski definition) is 1. The van der Waals surface area contributed by atoms with Crippen LogP contribution in [0.3, 0.4) is 0 Å². The normalized spacial score (nSPS) is 31.5. The minimum absolute atomic E-state index is 0.0519. The highest BCUT2D eigenvalue weighted by Crippen LogP contribution is 2.35. The average Bonchev–Trinajstić information content (AvgIpc) is 3.36. The number of nitro groups is 1. The molecule has 7 nitrogen and oxygen atoms in total. The van der Waals surface area contributed by atoms with Crippen LogP contribution < -0.4 is 5.32 Å². The van der Waals surface area contributed by atoms with Crippen LogP contribution in [-0.2, 0) is 9.59 Å². The molecule has 1 N–H and O–H groups in total. The Kier molecular flexibility index (Phi) is 4.82. The van der Waals surface area contributed by atoms with Gasteiger partial charge in [0.2, 0.25) is 17.9 Å². The van der Waals surface area contributed by atoms with Gasteiger partial charge in [0.15, 0.2) is 0 Å². The molecule has 3 rings (SSSR count). The summed E-state index contributed by atoms with van der Waals surface area (Å²) in [4.78, 5) is 36.8. The highest BCUT2D eigenvalue weighted by molar-refractivity contribution is 5.84. The molecular formula is C16H25N3O4. The lowest BCUT2D eigenvalue weighted by Gasteiger charge is -2.33. The summed E-state index contributed by atoms with van der Waals surface area (Å²) in [6, 6.07) is -0.427. The largest absolute Gasteiger partial charge is 0.353 e. The number of carbonyl (C=O) groups is 2. The summed E-state index contributed by atoms with van der Waals surface area (Å²) in [5.41, 5.74) is 0. The lowest BCUT2D eigenvalue weighted by molar-refractivity contribution is -0.497. The molecule has 7 heteroatoms. The van der Waals surface area contributed by atoms with Crippen molar-refractivity contribution in [2.75, 3.05) is 13.1 Å². The highest BCUT2D eigenvalue weighted by Gasteiger charge is 2.55. The van der Waals surface area contributed by atoms with E-state index in [9.17, 15) is 19.7 Å². The quantitative estimate of drug-likeness (QED) is 0.624. The van der Waals surface area contributed by atoms with Gasteiger partial charge in [0.25, 0.3) is 0 Å². The van der Waals surface area contributed by atoms with E-state index in [0.29, 0.717) is 19.5 Å². The third-order valence-electron chi connectivity index (χ3n) is 5.40. The number of likely N-dealkylation sites (tertiary alicyclic amines) is 1. The van der Waals surface area contributed by atoms with Gasteiger partial charge in [-0.1, -0.05) is 19.3 Å². The zero-order chi connectivity index (χ0) is 16.4. The maximum atomic E-state index is 12.4. The van der Waals surface area contributed by atoms with Crippen LogP contribution in [0.2, 0.25) is 0 Å². The van der Waals surface area contributed by atoms with E-state index in [2.05, 4.69) is 5.32 Å². The van der Waals surface area contributed by atoms with Crippen molar-refractivity contribution in [3.05, 3.63) is 10.1 Å². The SMILES string of the molecule is O=C(NC1CCCCC1)[C@@H]1CCCN(C(=O)[C@@H]2C[C@H]2[N+](=O)[O-])C1. The zero-order valence-corrected chi connectivity index (χ0v) is 13.4. The third-order valence-corrected chi connectivity index (χ3v) is 5.40. The van der Waals surface area contributed by atoms with Gasteiger partial charge in [-0.15, -0.1) is 0 Å². The van der Waals surface area contributed by atoms with Crippen molar-refractivity contribution in [3.63, 3.8) is 0 Å². The van der Waals surface area contributed by atoms with Gasteiger partial charge in [0, 0.05) is 30.5 Å². The summed E-state index contributed by atoms with van der Waals surface area (Å²) >= 11 is 0. The highest BCUT2D eigenvalue weighted by atomic mass is 16.6. The fourth-order valence-electron chi connectivity index (χ4n) is 3.87. The molecule has 0 aromatic rings. The van der Waals surface area contributed by atoms with Crippen LogP contribution in [0.4, 0.5) is 0 Å². The molecule has 0 radical (unpaired) electrons. The molecule has 0 bridgehead atoms. The predicted octanol–water partition coefficient (Wildman–Crippen LogP) is 1.34. The monoisotopic (exact) mass is 323 g/mol. The summed E-state index contributed by atoms with van der Waals surface area (Å²) in [6.45, 7) is 1.03. The Bertz CT molecular complexity index is 490. The van der Waals surface area contributed by atoms with E-state index in [1.54, 1.807) is 4.90 Å². The number of nitrogens with zero attached hydrogens (tertiary/aromatic N) is 2. The zero-order valence-electron chi connectivity index (χ0n) is 13.4. The van der Waals surface area contributed by atoms with Crippen molar-refractivity contribution in [1.29, 1.82) is 0 Å². The summed E-state index contributed by atoms with van der Waals surface area (Å²) in [5, 5.41) is 13.9. The minimum Gasteiger partial charge on any atom is -0.353 e. The van der Waals surface area contributed by atoms with E-state index in [-0.39, 0.29) is 28.7 Å². The first-order valence-electron chi connectivity index (χ1n) is 8.79. The van der Waals surface area contributed by atoms with E-state index in [1.165, 1.54) is 19.3 Å². The molecule has 1 heterocycles. The van der Waals surface area contributed by atoms with Crippen LogP contribution in [0.5, 0.6) is 0 Å². The van der Waals surface area contributed by atoms with Crippen LogP contribution >= 0.6 is 0 Å². The van der Waals surface area contributed by atoms with Crippen LogP contribution in [-0.4, -0.2) is 46.8 Å². The minimum atomic E-state index is -0.709. The van der Waals surface area contributed by atoms with Gasteiger partial charge in [-0.25, -0.2) is 0 Å². The summed E-state index contributed by atoms with van der Waals surface area (Å²) in [6.07, 6.45) is 7.63. The van der Waals surface area contributed by atoms with E-state index in [1.807, 2.05) is 0 Å². The van der Waals surface area contributed by atoms with E-state index in [0.717, 1.165) is 25.7 Å². The van der Waals surface area contributed by atoms with Crippen LogP contribution in [0.25, 0.3) is 0 Å². The van der Waals surface area contributed by atoms with Crippen molar-refractivity contribution >= 4 is 11.8 Å². The van der Waals surface area contributed by atoms with Gasteiger partial charge in [-0.05, 0) is 25.7 Å². The lowest BCUT2D eigenvalue weighted by atomic mass is 9.93. The Hall–Kier alpha value is -1.66. The van der Waals surface area contributed by atoms with Crippen molar-refractivity contribution in [1.82, 2.24) is 10.2 Å². The first-order chi connectivity index (χ1) is 11.1. The number of amides is 2. The predicted molar refractivity (Wildman–Crippen MR) is 83.2 cm³/mol. The molecule has 3 fully saturated rings. The van der Waals surface area contributed by atoms with E-state index in [4.69, 9.17) is 0 Å². The molecule has 3 aliphatic rings. The molecule has 2 amide bonds. The molecule has 128 valence electrons. The molecule has 0 aromatic heterocycles. The molecule has 1 saturated heterocycles. The second-order valence-electron chi connectivity index (χ2n) is 7.16. The third kappa shape index (κ3) is 3.82. The second-order valence-corrected chi connectivity index (χ2v) is 7.16. The number of hydrogen-bond acceptors (Lipinski definition) is 4. The van der Waals surface area contributed by atoms with E-state index >= 15 is 0 Å². The smallest absolute Gasteiger partial charge is 0.232 e. The standard InChI is InChI=1S/C16H25N3O4/c20-15(17-12-6-2-1-3-7-12)11-5-4-8-18(10-11)16(21)13-9-14(13)19(22)23/h11-14H,1-10H2,(H,17,20)/t11-,13-,14-/m1/s1. The van der Waals surface area contributed by atoms with Gasteiger partial charge in [0.1, 0.15) is 5.92 Å². The maximum Gasteiger partial charge on any atom is 0.232 e. The Labute approximate surface area is 135 Å². The molecule has 0 aromatic carbocycles. The summed E-state index contributed by atoms with van der Waals surface area (Å²) < 4.78 is 0. The molecule has 1 aliphatic heterocycles. The van der Waals surface area contributed by atoms with Crippen molar-refractivity contribution in [3.8, 4) is 0 Å². The molecular weight excluding hydrogens is 298 g/mol. The second kappa shape index (κ2) is 6.84. The molecule has 0 spiro atoms. The number of rotatable bonds is 4. The maximum absolute atomic E-state index is 12.4. The Morgan fingerprint density at radius 2 is 1.83 bits per heavy atom. The summed E-state index contributed by atoms with van der Waals surface area (Å²) in [7, 11) is 0. The van der Waals surface area contributed by atoms with Gasteiger partial charge in [-0.3, -0.25) is 19.7 Å². The molecule has 3 atom stereocenters. The fourth-order valence-corrected chi connectivity index (χ4v) is 3.87. The van der Waals surface area contributed by atoms with Crippen LogP contribution in [0, 0.1) is 22.0 Å². The Morgan fingerprint density at radius 3 is 2.48 bits per heavy atom. The van der Waals surface area contributed by atoms with Gasteiger partial charge in [0.05, 0.1) is 5.92 Å². The number of piperidine rings is 1. The average molecular weight is 323 g/mol. The lowest BCUT2D eigenvalue weighted by Crippen LogP contribution is -2.48.